The van der Waals surface area contributed by atoms with Crippen molar-refractivity contribution in [1.82, 2.24) is 5.32 Å². The lowest BCUT2D eigenvalue weighted by atomic mass is 9.94. The minimum atomic E-state index is -0.404. The second-order valence-electron chi connectivity index (χ2n) is 6.55. The molecule has 124 valence electrons. The fourth-order valence-corrected chi connectivity index (χ4v) is 3.27. The van der Waals surface area contributed by atoms with Crippen molar-refractivity contribution in [2.45, 2.75) is 31.7 Å². The topological polar surface area (TPSA) is 47.6 Å². The van der Waals surface area contributed by atoms with Crippen LogP contribution in [0.5, 0.6) is 11.5 Å². The summed E-state index contributed by atoms with van der Waals surface area (Å²) in [6.07, 6.45) is 1.76. The van der Waals surface area contributed by atoms with Gasteiger partial charge in [-0.05, 0) is 48.6 Å². The zero-order valence-electron chi connectivity index (χ0n) is 13.8. The van der Waals surface area contributed by atoms with Crippen molar-refractivity contribution in [1.29, 1.82) is 0 Å². The second kappa shape index (κ2) is 5.86. The lowest BCUT2D eigenvalue weighted by Gasteiger charge is -2.22. The zero-order valence-corrected chi connectivity index (χ0v) is 13.8. The van der Waals surface area contributed by atoms with Gasteiger partial charge in [0.1, 0.15) is 13.2 Å². The Balaban J connectivity index is 1.51. The van der Waals surface area contributed by atoms with E-state index in [1.165, 1.54) is 5.56 Å². The summed E-state index contributed by atoms with van der Waals surface area (Å²) in [5.74, 6) is 1.61. The highest BCUT2D eigenvalue weighted by Gasteiger charge is 2.51. The summed E-state index contributed by atoms with van der Waals surface area (Å²) in [4.78, 5) is 12.8. The summed E-state index contributed by atoms with van der Waals surface area (Å²) >= 11 is 0. The monoisotopic (exact) mass is 323 g/mol. The molecule has 4 rings (SSSR count). The smallest absolute Gasteiger partial charge is 0.230 e. The number of hydrogen-bond donors (Lipinski definition) is 1. The number of ether oxygens (including phenoxy) is 2. The number of carbonyl (C=O) groups excluding carboxylic acids is 1. The van der Waals surface area contributed by atoms with Gasteiger partial charge in [-0.25, -0.2) is 0 Å². The Kier molecular flexibility index (Phi) is 3.68. The molecule has 0 atom stereocenters. The van der Waals surface area contributed by atoms with Gasteiger partial charge in [-0.15, -0.1) is 0 Å². The van der Waals surface area contributed by atoms with Crippen LogP contribution in [-0.4, -0.2) is 19.1 Å². The molecule has 24 heavy (non-hydrogen) atoms. The Bertz CT molecular complexity index is 780. The Morgan fingerprint density at radius 3 is 2.58 bits per heavy atom. The minimum absolute atomic E-state index is 0.0995. The summed E-state index contributed by atoms with van der Waals surface area (Å²) in [6.45, 7) is 3.77. The number of nitrogens with one attached hydrogen (secondary N) is 1. The van der Waals surface area contributed by atoms with Crippen LogP contribution in [-0.2, 0) is 16.8 Å². The first-order valence-electron chi connectivity index (χ1n) is 8.42. The predicted octanol–water partition coefficient (Wildman–Crippen LogP) is 3.11. The number of amides is 1. The predicted molar refractivity (Wildman–Crippen MR) is 91.4 cm³/mol. The molecule has 1 amide bonds. The molecule has 4 nitrogen and oxygen atoms in total. The average Bonchev–Trinajstić information content (AvgIpc) is 3.42. The van der Waals surface area contributed by atoms with Crippen LogP contribution >= 0.6 is 0 Å². The van der Waals surface area contributed by atoms with E-state index in [0.717, 1.165) is 35.5 Å². The highest BCUT2D eigenvalue weighted by atomic mass is 16.6. The number of fused-ring (bicyclic) bond motifs is 1. The molecule has 0 bridgehead atoms. The quantitative estimate of drug-likeness (QED) is 0.940. The normalized spacial score (nSPS) is 17.2. The molecule has 2 aromatic rings. The standard InChI is InChI=1S/C20H21NO3/c1-14-4-2-3-5-15(14)13-21-19(22)20(8-9-20)16-6-7-17-18(12-16)24-11-10-23-17/h2-7,12H,8-11,13H2,1H3,(H,21,22). The lowest BCUT2D eigenvalue weighted by molar-refractivity contribution is -0.123. The molecule has 1 heterocycles. The van der Waals surface area contributed by atoms with Crippen LogP contribution in [0.3, 0.4) is 0 Å². The first-order chi connectivity index (χ1) is 11.7. The highest BCUT2D eigenvalue weighted by Crippen LogP contribution is 2.50. The van der Waals surface area contributed by atoms with Gasteiger partial charge in [-0.2, -0.15) is 0 Å². The Morgan fingerprint density at radius 1 is 1.08 bits per heavy atom. The maximum absolute atomic E-state index is 12.8. The number of aryl methyl sites for hydroxylation is 1. The Morgan fingerprint density at radius 2 is 1.83 bits per heavy atom. The Hall–Kier alpha value is -2.49. The average molecular weight is 323 g/mol. The van der Waals surface area contributed by atoms with E-state index >= 15 is 0 Å². The first kappa shape index (κ1) is 15.1. The molecule has 2 aromatic carbocycles. The van der Waals surface area contributed by atoms with Gasteiger partial charge in [0, 0.05) is 6.54 Å². The van der Waals surface area contributed by atoms with Crippen molar-refractivity contribution in [3.05, 3.63) is 59.2 Å². The van der Waals surface area contributed by atoms with Crippen LogP contribution in [0, 0.1) is 6.92 Å². The van der Waals surface area contributed by atoms with E-state index in [1.807, 2.05) is 30.3 Å². The number of carbonyl (C=O) groups is 1. The van der Waals surface area contributed by atoms with Crippen molar-refractivity contribution < 1.29 is 14.3 Å². The molecule has 0 spiro atoms. The maximum Gasteiger partial charge on any atom is 0.230 e. The van der Waals surface area contributed by atoms with E-state index in [4.69, 9.17) is 9.47 Å². The van der Waals surface area contributed by atoms with E-state index in [9.17, 15) is 4.79 Å². The molecule has 0 saturated heterocycles. The fourth-order valence-electron chi connectivity index (χ4n) is 3.27. The number of benzene rings is 2. The first-order valence-corrected chi connectivity index (χ1v) is 8.42. The maximum atomic E-state index is 12.8. The van der Waals surface area contributed by atoms with Gasteiger partial charge < -0.3 is 14.8 Å². The van der Waals surface area contributed by atoms with Crippen LogP contribution < -0.4 is 14.8 Å². The third-order valence-electron chi connectivity index (χ3n) is 4.98. The van der Waals surface area contributed by atoms with Crippen molar-refractivity contribution in [2.24, 2.45) is 0 Å². The van der Waals surface area contributed by atoms with E-state index in [0.29, 0.717) is 19.8 Å². The van der Waals surface area contributed by atoms with Crippen LogP contribution in [0.1, 0.15) is 29.5 Å². The summed E-state index contributed by atoms with van der Waals surface area (Å²) in [5, 5.41) is 3.11. The van der Waals surface area contributed by atoms with Crippen molar-refractivity contribution in [3.8, 4) is 11.5 Å². The molecule has 1 N–H and O–H groups in total. The summed E-state index contributed by atoms with van der Waals surface area (Å²) < 4.78 is 11.2. The molecule has 0 unspecified atom stereocenters. The van der Waals surface area contributed by atoms with Gasteiger partial charge in [0.05, 0.1) is 5.41 Å². The van der Waals surface area contributed by atoms with Crippen molar-refractivity contribution in [2.75, 3.05) is 13.2 Å². The lowest BCUT2D eigenvalue weighted by Crippen LogP contribution is -2.34. The summed E-state index contributed by atoms with van der Waals surface area (Å²) in [5.41, 5.74) is 2.97. The summed E-state index contributed by atoms with van der Waals surface area (Å²) in [6, 6.07) is 14.0. The molecule has 1 aliphatic carbocycles. The van der Waals surface area contributed by atoms with Gasteiger partial charge in [0.15, 0.2) is 11.5 Å². The molecule has 4 heteroatoms. The molecule has 1 aliphatic heterocycles. The van der Waals surface area contributed by atoms with Gasteiger partial charge in [-0.3, -0.25) is 4.79 Å². The number of hydrogen-bond acceptors (Lipinski definition) is 3. The SMILES string of the molecule is Cc1ccccc1CNC(=O)C1(c2ccc3c(c2)OCCO3)CC1. The van der Waals surface area contributed by atoms with Crippen LogP contribution in [0.4, 0.5) is 0 Å². The van der Waals surface area contributed by atoms with Crippen molar-refractivity contribution in [3.63, 3.8) is 0 Å². The van der Waals surface area contributed by atoms with Crippen LogP contribution in [0.25, 0.3) is 0 Å². The van der Waals surface area contributed by atoms with Gasteiger partial charge in [0.25, 0.3) is 0 Å². The van der Waals surface area contributed by atoms with Gasteiger partial charge in [-0.1, -0.05) is 30.3 Å². The van der Waals surface area contributed by atoms with Gasteiger partial charge in [0.2, 0.25) is 5.91 Å². The summed E-state index contributed by atoms with van der Waals surface area (Å²) in [7, 11) is 0. The molecular weight excluding hydrogens is 302 g/mol. The van der Waals surface area contributed by atoms with Crippen LogP contribution in [0.2, 0.25) is 0 Å². The van der Waals surface area contributed by atoms with E-state index < -0.39 is 5.41 Å². The second-order valence-corrected chi connectivity index (χ2v) is 6.55. The molecule has 0 radical (unpaired) electrons. The Labute approximate surface area is 141 Å². The third kappa shape index (κ3) is 2.62. The molecule has 0 aromatic heterocycles. The van der Waals surface area contributed by atoms with Gasteiger partial charge >= 0.3 is 0 Å². The van der Waals surface area contributed by atoms with E-state index in [1.54, 1.807) is 0 Å². The van der Waals surface area contributed by atoms with E-state index in [2.05, 4.69) is 24.4 Å². The van der Waals surface area contributed by atoms with E-state index in [-0.39, 0.29) is 5.91 Å². The molecule has 2 aliphatic rings. The molecular formula is C20H21NO3. The van der Waals surface area contributed by atoms with Crippen LogP contribution in [0.15, 0.2) is 42.5 Å². The molecule has 1 fully saturated rings. The fraction of sp³-hybridized carbons (Fsp3) is 0.350. The minimum Gasteiger partial charge on any atom is -0.486 e. The number of rotatable bonds is 4. The largest absolute Gasteiger partial charge is 0.486 e. The molecule has 1 saturated carbocycles. The zero-order chi connectivity index (χ0) is 16.6. The highest BCUT2D eigenvalue weighted by molar-refractivity contribution is 5.91. The third-order valence-corrected chi connectivity index (χ3v) is 4.98. The van der Waals surface area contributed by atoms with Crippen molar-refractivity contribution >= 4 is 5.91 Å².